The molecule has 0 heterocycles. The van der Waals surface area contributed by atoms with Gasteiger partial charge in [-0.3, -0.25) is 0 Å². The fraction of sp³-hybridized carbons (Fsp3) is 0.500. The second-order valence-electron chi connectivity index (χ2n) is 4.47. The summed E-state index contributed by atoms with van der Waals surface area (Å²) < 4.78 is 40.0. The number of alkyl halides is 3. The van der Waals surface area contributed by atoms with E-state index in [1.165, 1.54) is 18.2 Å². The Morgan fingerprint density at radius 1 is 1.32 bits per heavy atom. The highest BCUT2D eigenvalue weighted by atomic mass is 35.5. The van der Waals surface area contributed by atoms with Crippen molar-refractivity contribution in [2.24, 2.45) is 11.7 Å². The standard InChI is InChI=1S/C12H14F3NO2.ClH/c13-12(14,15)18-9-3-1-2-8(6-9)10(16)11(17)7-4-5-7;/h1-3,6-7,10-11,17H,4-5,16H2;1H/t10-,11+;/m0./s1. The molecule has 0 unspecified atom stereocenters. The summed E-state index contributed by atoms with van der Waals surface area (Å²) in [5.74, 6) is -0.161. The lowest BCUT2D eigenvalue weighted by atomic mass is 9.99. The van der Waals surface area contributed by atoms with Gasteiger partial charge in [0.15, 0.2) is 0 Å². The van der Waals surface area contributed by atoms with Crippen molar-refractivity contribution in [2.45, 2.75) is 31.3 Å². The molecule has 3 nitrogen and oxygen atoms in total. The van der Waals surface area contributed by atoms with E-state index in [0.717, 1.165) is 12.8 Å². The Labute approximate surface area is 115 Å². The highest BCUT2D eigenvalue weighted by Crippen LogP contribution is 2.37. The molecule has 108 valence electrons. The third-order valence-corrected chi connectivity index (χ3v) is 2.95. The molecule has 0 bridgehead atoms. The predicted octanol–water partition coefficient (Wildman–Crippen LogP) is 2.78. The first-order valence-corrected chi connectivity index (χ1v) is 5.66. The predicted molar refractivity (Wildman–Crippen MR) is 66.0 cm³/mol. The van der Waals surface area contributed by atoms with Crippen LogP contribution in [-0.2, 0) is 0 Å². The summed E-state index contributed by atoms with van der Waals surface area (Å²) in [5, 5.41) is 9.85. The summed E-state index contributed by atoms with van der Waals surface area (Å²) in [5.41, 5.74) is 6.27. The zero-order chi connectivity index (χ0) is 13.3. The summed E-state index contributed by atoms with van der Waals surface area (Å²) in [6.45, 7) is 0. The number of nitrogens with two attached hydrogens (primary N) is 1. The molecule has 0 saturated heterocycles. The Morgan fingerprint density at radius 3 is 2.47 bits per heavy atom. The van der Waals surface area contributed by atoms with Crippen LogP contribution in [0.3, 0.4) is 0 Å². The number of hydrogen-bond donors (Lipinski definition) is 2. The lowest BCUT2D eigenvalue weighted by molar-refractivity contribution is -0.274. The van der Waals surface area contributed by atoms with Gasteiger partial charge in [-0.2, -0.15) is 0 Å². The van der Waals surface area contributed by atoms with Gasteiger partial charge in [0.25, 0.3) is 0 Å². The van der Waals surface area contributed by atoms with Gasteiger partial charge in [0.2, 0.25) is 0 Å². The first-order chi connectivity index (χ1) is 8.37. The first-order valence-electron chi connectivity index (χ1n) is 5.66. The molecular formula is C12H15ClF3NO2. The second kappa shape index (κ2) is 5.98. The minimum absolute atomic E-state index is 0. The van der Waals surface area contributed by atoms with Crippen molar-refractivity contribution < 1.29 is 23.0 Å². The molecule has 1 aliphatic rings. The zero-order valence-electron chi connectivity index (χ0n) is 9.93. The Hall–Kier alpha value is -0.980. The number of hydrogen-bond acceptors (Lipinski definition) is 3. The molecule has 2 atom stereocenters. The Balaban J connectivity index is 0.00000180. The summed E-state index contributed by atoms with van der Waals surface area (Å²) in [7, 11) is 0. The molecule has 3 N–H and O–H groups in total. The van der Waals surface area contributed by atoms with Gasteiger partial charge in [-0.05, 0) is 36.5 Å². The van der Waals surface area contributed by atoms with E-state index in [2.05, 4.69) is 4.74 Å². The molecular weight excluding hydrogens is 283 g/mol. The fourth-order valence-electron chi connectivity index (χ4n) is 1.85. The van der Waals surface area contributed by atoms with Gasteiger partial charge in [-0.15, -0.1) is 25.6 Å². The molecule has 19 heavy (non-hydrogen) atoms. The van der Waals surface area contributed by atoms with Crippen LogP contribution >= 0.6 is 12.4 Å². The molecule has 1 saturated carbocycles. The maximum Gasteiger partial charge on any atom is 0.573 e. The Bertz CT molecular complexity index is 424. The van der Waals surface area contributed by atoms with Crippen LogP contribution in [0.4, 0.5) is 13.2 Å². The average molecular weight is 298 g/mol. The van der Waals surface area contributed by atoms with Gasteiger partial charge in [0, 0.05) is 0 Å². The van der Waals surface area contributed by atoms with Gasteiger partial charge >= 0.3 is 6.36 Å². The average Bonchev–Trinajstić information content (AvgIpc) is 3.09. The maximum absolute atomic E-state index is 12.1. The molecule has 1 aliphatic carbocycles. The van der Waals surface area contributed by atoms with Crippen LogP contribution in [0.15, 0.2) is 24.3 Å². The number of halogens is 4. The third kappa shape index (κ3) is 4.56. The van der Waals surface area contributed by atoms with Crippen molar-refractivity contribution in [1.82, 2.24) is 0 Å². The maximum atomic E-state index is 12.1. The van der Waals surface area contributed by atoms with E-state index in [1.807, 2.05) is 0 Å². The first kappa shape index (κ1) is 16.1. The van der Waals surface area contributed by atoms with E-state index in [4.69, 9.17) is 5.73 Å². The topological polar surface area (TPSA) is 55.5 Å². The van der Waals surface area contributed by atoms with Crippen LogP contribution in [0, 0.1) is 5.92 Å². The van der Waals surface area contributed by atoms with Gasteiger partial charge in [0.05, 0.1) is 12.1 Å². The minimum Gasteiger partial charge on any atom is -0.406 e. The Kier molecular flexibility index (Phi) is 5.06. The van der Waals surface area contributed by atoms with E-state index >= 15 is 0 Å². The quantitative estimate of drug-likeness (QED) is 0.898. The minimum atomic E-state index is -4.72. The SMILES string of the molecule is Cl.N[C@@H](c1cccc(OC(F)(F)F)c1)[C@H](O)C1CC1. The van der Waals surface area contributed by atoms with Crippen LogP contribution in [0.25, 0.3) is 0 Å². The van der Waals surface area contributed by atoms with Crippen molar-refractivity contribution in [3.05, 3.63) is 29.8 Å². The molecule has 7 heteroatoms. The van der Waals surface area contributed by atoms with Gasteiger partial charge in [0.1, 0.15) is 5.75 Å². The molecule has 0 aliphatic heterocycles. The molecule has 0 radical (unpaired) electrons. The third-order valence-electron chi connectivity index (χ3n) is 2.95. The van der Waals surface area contributed by atoms with Crippen LogP contribution in [-0.4, -0.2) is 17.6 Å². The smallest absolute Gasteiger partial charge is 0.406 e. The number of aliphatic hydroxyl groups excluding tert-OH is 1. The molecule has 1 aromatic carbocycles. The van der Waals surface area contributed by atoms with Crippen LogP contribution < -0.4 is 10.5 Å². The molecule has 0 aromatic heterocycles. The van der Waals surface area contributed by atoms with Crippen LogP contribution in [0.2, 0.25) is 0 Å². The molecule has 2 rings (SSSR count). The van der Waals surface area contributed by atoms with E-state index in [9.17, 15) is 18.3 Å². The van der Waals surface area contributed by atoms with Gasteiger partial charge in [-0.25, -0.2) is 0 Å². The van der Waals surface area contributed by atoms with Crippen molar-refractivity contribution in [3.8, 4) is 5.75 Å². The van der Waals surface area contributed by atoms with Gasteiger partial charge in [-0.1, -0.05) is 12.1 Å². The lowest BCUT2D eigenvalue weighted by Crippen LogP contribution is -2.28. The summed E-state index contributed by atoms with van der Waals surface area (Å²) >= 11 is 0. The number of benzene rings is 1. The molecule has 1 fully saturated rings. The molecule has 0 amide bonds. The van der Waals surface area contributed by atoms with E-state index in [-0.39, 0.29) is 24.1 Å². The van der Waals surface area contributed by atoms with Gasteiger partial charge < -0.3 is 15.6 Å². The monoisotopic (exact) mass is 297 g/mol. The zero-order valence-corrected chi connectivity index (χ0v) is 10.7. The number of rotatable bonds is 4. The van der Waals surface area contributed by atoms with Crippen LogP contribution in [0.1, 0.15) is 24.4 Å². The van der Waals surface area contributed by atoms with Crippen molar-refractivity contribution in [2.75, 3.05) is 0 Å². The summed E-state index contributed by atoms with van der Waals surface area (Å²) in [6.07, 6.45) is -3.62. The number of ether oxygens (including phenoxy) is 1. The second-order valence-corrected chi connectivity index (χ2v) is 4.47. The summed E-state index contributed by atoms with van der Waals surface area (Å²) in [4.78, 5) is 0. The Morgan fingerprint density at radius 2 is 1.95 bits per heavy atom. The number of aliphatic hydroxyl groups is 1. The normalized spacial score (nSPS) is 18.4. The van der Waals surface area contributed by atoms with E-state index < -0.39 is 18.5 Å². The highest BCUT2D eigenvalue weighted by molar-refractivity contribution is 5.85. The summed E-state index contributed by atoms with van der Waals surface area (Å²) in [6, 6.07) is 4.74. The van der Waals surface area contributed by atoms with E-state index in [1.54, 1.807) is 6.07 Å². The highest BCUT2D eigenvalue weighted by Gasteiger charge is 2.35. The van der Waals surface area contributed by atoms with Crippen LogP contribution in [0.5, 0.6) is 5.75 Å². The molecule has 1 aromatic rings. The van der Waals surface area contributed by atoms with Crippen molar-refractivity contribution in [3.63, 3.8) is 0 Å². The fourth-order valence-corrected chi connectivity index (χ4v) is 1.85. The molecule has 0 spiro atoms. The van der Waals surface area contributed by atoms with Crippen molar-refractivity contribution in [1.29, 1.82) is 0 Å². The largest absolute Gasteiger partial charge is 0.573 e. The van der Waals surface area contributed by atoms with E-state index in [0.29, 0.717) is 5.56 Å². The van der Waals surface area contributed by atoms with Crippen molar-refractivity contribution >= 4 is 12.4 Å². The lowest BCUT2D eigenvalue weighted by Gasteiger charge is -2.19.